The van der Waals surface area contributed by atoms with Crippen molar-refractivity contribution in [1.82, 2.24) is 0 Å². The van der Waals surface area contributed by atoms with Gasteiger partial charge in [0.15, 0.2) is 0 Å². The lowest BCUT2D eigenvalue weighted by Gasteiger charge is -2.32. The van der Waals surface area contributed by atoms with Gasteiger partial charge in [0.05, 0.1) is 16.8 Å². The van der Waals surface area contributed by atoms with Crippen molar-refractivity contribution in [1.29, 1.82) is 0 Å². The standard InChI is InChI=1S/C63H39NO/c1-2-19-44-40(16-1)17-13-25-45(44)41-34-37-43(38-35-41)64(57-31-11-6-22-48(57)50-26-14-18-42-36-39-51-49-23-7-12-33-59(49)65-62(51)60(42)50)58-32-15-30-56-61(58)52-24-5-10-29-55(52)63(56)53-27-8-3-20-46(53)47-21-4-9-28-54(47)63/h1-39H. The van der Waals surface area contributed by atoms with Crippen molar-refractivity contribution in [3.8, 4) is 44.5 Å². The second-order valence-electron chi connectivity index (χ2n) is 17.5. The molecule has 14 rings (SSSR count). The number of para-hydroxylation sites is 2. The fourth-order valence-electron chi connectivity index (χ4n) is 11.7. The van der Waals surface area contributed by atoms with E-state index in [1.54, 1.807) is 0 Å². The molecule has 2 nitrogen and oxygen atoms in total. The molecule has 0 radical (unpaired) electrons. The summed E-state index contributed by atoms with van der Waals surface area (Å²) >= 11 is 0. The lowest BCUT2D eigenvalue weighted by Crippen LogP contribution is -2.26. The summed E-state index contributed by atoms with van der Waals surface area (Å²) < 4.78 is 6.78. The quantitative estimate of drug-likeness (QED) is 0.172. The first kappa shape index (κ1) is 36.1. The average molecular weight is 826 g/mol. The van der Waals surface area contributed by atoms with Crippen LogP contribution in [0.1, 0.15) is 22.3 Å². The topological polar surface area (TPSA) is 16.4 Å². The van der Waals surface area contributed by atoms with Crippen molar-refractivity contribution in [2.24, 2.45) is 0 Å². The maximum Gasteiger partial charge on any atom is 0.143 e. The van der Waals surface area contributed by atoms with Gasteiger partial charge in [0.25, 0.3) is 0 Å². The van der Waals surface area contributed by atoms with Gasteiger partial charge in [0, 0.05) is 33.0 Å². The summed E-state index contributed by atoms with van der Waals surface area (Å²) in [6, 6.07) is 87.1. The van der Waals surface area contributed by atoms with Gasteiger partial charge in [-0.3, -0.25) is 0 Å². The minimum absolute atomic E-state index is 0.471. The lowest BCUT2D eigenvalue weighted by atomic mass is 9.70. The zero-order valence-corrected chi connectivity index (χ0v) is 35.4. The molecule has 0 amide bonds. The third kappa shape index (κ3) is 4.99. The Morgan fingerprint density at radius 2 is 0.862 bits per heavy atom. The van der Waals surface area contributed by atoms with Gasteiger partial charge >= 0.3 is 0 Å². The van der Waals surface area contributed by atoms with Crippen LogP contribution in [-0.2, 0) is 5.41 Å². The van der Waals surface area contributed by atoms with Gasteiger partial charge in [-0.05, 0) is 108 Å². The summed E-state index contributed by atoms with van der Waals surface area (Å²) in [5, 5.41) is 6.99. The van der Waals surface area contributed by atoms with Crippen molar-refractivity contribution in [3.05, 3.63) is 259 Å². The maximum absolute atomic E-state index is 6.78. The second-order valence-corrected chi connectivity index (χ2v) is 17.5. The Morgan fingerprint density at radius 3 is 1.65 bits per heavy atom. The molecule has 1 heterocycles. The van der Waals surface area contributed by atoms with Crippen LogP contribution in [0.4, 0.5) is 17.1 Å². The number of hydrogen-bond acceptors (Lipinski definition) is 2. The summed E-state index contributed by atoms with van der Waals surface area (Å²) in [5.41, 5.74) is 19.7. The van der Waals surface area contributed by atoms with E-state index in [-0.39, 0.29) is 0 Å². The molecular formula is C63H39NO. The predicted molar refractivity (Wildman–Crippen MR) is 271 cm³/mol. The van der Waals surface area contributed by atoms with Gasteiger partial charge < -0.3 is 9.32 Å². The van der Waals surface area contributed by atoms with E-state index in [1.165, 1.54) is 66.4 Å². The van der Waals surface area contributed by atoms with E-state index < -0.39 is 5.41 Å². The molecule has 11 aromatic carbocycles. The second kappa shape index (κ2) is 13.8. The number of hydrogen-bond donors (Lipinski definition) is 0. The van der Waals surface area contributed by atoms with Crippen molar-refractivity contribution < 1.29 is 4.42 Å². The summed E-state index contributed by atoms with van der Waals surface area (Å²) in [5.74, 6) is 0. The molecule has 1 spiro atoms. The van der Waals surface area contributed by atoms with Crippen LogP contribution in [0.2, 0.25) is 0 Å². The Labute approximate surface area is 376 Å². The molecule has 2 heteroatoms. The number of furan rings is 1. The van der Waals surface area contributed by atoms with Crippen LogP contribution >= 0.6 is 0 Å². The third-order valence-corrected chi connectivity index (χ3v) is 14.3. The molecule has 302 valence electrons. The van der Waals surface area contributed by atoms with E-state index in [9.17, 15) is 0 Å². The van der Waals surface area contributed by atoms with Crippen molar-refractivity contribution >= 4 is 60.5 Å². The van der Waals surface area contributed by atoms with E-state index in [4.69, 9.17) is 4.42 Å². The minimum atomic E-state index is -0.471. The third-order valence-electron chi connectivity index (χ3n) is 14.3. The van der Waals surface area contributed by atoms with Gasteiger partial charge in [-0.15, -0.1) is 0 Å². The van der Waals surface area contributed by atoms with E-state index in [2.05, 4.69) is 241 Å². The molecule has 1 aromatic heterocycles. The number of nitrogens with zero attached hydrogens (tertiary/aromatic N) is 1. The predicted octanol–water partition coefficient (Wildman–Crippen LogP) is 17.0. The van der Waals surface area contributed by atoms with E-state index in [0.29, 0.717) is 0 Å². The van der Waals surface area contributed by atoms with Crippen LogP contribution in [0, 0.1) is 0 Å². The van der Waals surface area contributed by atoms with Gasteiger partial charge in [-0.25, -0.2) is 0 Å². The van der Waals surface area contributed by atoms with Gasteiger partial charge in [0.1, 0.15) is 11.2 Å². The summed E-state index contributed by atoms with van der Waals surface area (Å²) in [6.07, 6.45) is 0. The molecule has 0 N–H and O–H groups in total. The van der Waals surface area contributed by atoms with Gasteiger partial charge in [-0.2, -0.15) is 0 Å². The normalized spacial score (nSPS) is 13.0. The Balaban J connectivity index is 1.06. The number of fused-ring (bicyclic) bond motifs is 16. The minimum Gasteiger partial charge on any atom is -0.455 e. The van der Waals surface area contributed by atoms with E-state index in [1.807, 2.05) is 0 Å². The molecule has 0 bridgehead atoms. The summed E-state index contributed by atoms with van der Waals surface area (Å²) in [6.45, 7) is 0. The highest BCUT2D eigenvalue weighted by Gasteiger charge is 2.52. The van der Waals surface area contributed by atoms with E-state index in [0.717, 1.165) is 60.9 Å². The van der Waals surface area contributed by atoms with Crippen molar-refractivity contribution in [2.45, 2.75) is 5.41 Å². The van der Waals surface area contributed by atoms with Crippen LogP contribution in [0.25, 0.3) is 88.0 Å². The molecular weight excluding hydrogens is 787 g/mol. The molecule has 0 saturated heterocycles. The van der Waals surface area contributed by atoms with Gasteiger partial charge in [0.2, 0.25) is 0 Å². The van der Waals surface area contributed by atoms with Crippen molar-refractivity contribution in [3.63, 3.8) is 0 Å². The average Bonchev–Trinajstić information content (AvgIpc) is 4.01. The van der Waals surface area contributed by atoms with Crippen LogP contribution < -0.4 is 4.90 Å². The Bertz CT molecular complexity index is 3860. The number of benzene rings is 11. The Hall–Kier alpha value is -8.46. The number of anilines is 3. The highest BCUT2D eigenvalue weighted by Crippen LogP contribution is 2.65. The molecule has 2 aliphatic rings. The largest absolute Gasteiger partial charge is 0.455 e. The van der Waals surface area contributed by atoms with Crippen molar-refractivity contribution in [2.75, 3.05) is 4.90 Å². The van der Waals surface area contributed by atoms with E-state index >= 15 is 0 Å². The zero-order chi connectivity index (χ0) is 42.6. The van der Waals surface area contributed by atoms with Crippen LogP contribution in [0.3, 0.4) is 0 Å². The van der Waals surface area contributed by atoms with Crippen LogP contribution in [-0.4, -0.2) is 0 Å². The summed E-state index contributed by atoms with van der Waals surface area (Å²) in [7, 11) is 0. The monoisotopic (exact) mass is 825 g/mol. The molecule has 12 aromatic rings. The first-order valence-corrected chi connectivity index (χ1v) is 22.5. The van der Waals surface area contributed by atoms with Gasteiger partial charge in [-0.1, -0.05) is 200 Å². The van der Waals surface area contributed by atoms with Crippen LogP contribution in [0.15, 0.2) is 241 Å². The lowest BCUT2D eigenvalue weighted by molar-refractivity contribution is 0.673. The fourth-order valence-corrected chi connectivity index (χ4v) is 11.7. The smallest absolute Gasteiger partial charge is 0.143 e. The molecule has 0 fully saturated rings. The molecule has 0 unspecified atom stereocenters. The molecule has 0 saturated carbocycles. The number of rotatable bonds is 5. The molecule has 0 atom stereocenters. The summed E-state index contributed by atoms with van der Waals surface area (Å²) in [4.78, 5) is 2.52. The fraction of sp³-hybridized carbons (Fsp3) is 0.0159. The highest BCUT2D eigenvalue weighted by atomic mass is 16.3. The maximum atomic E-state index is 6.78. The first-order chi connectivity index (χ1) is 32.3. The SMILES string of the molecule is c1ccc(N(c2ccc(-c3cccc4ccccc34)cc2)c2cccc3c2-c2ccccc2C32c3ccccc3-c3ccccc32)c(-c2cccc3ccc4c5ccccc5oc4c23)c1. The zero-order valence-electron chi connectivity index (χ0n) is 35.4. The highest BCUT2D eigenvalue weighted by molar-refractivity contribution is 6.20. The first-order valence-electron chi connectivity index (χ1n) is 22.5. The molecule has 2 aliphatic carbocycles. The Kier molecular flexibility index (Phi) is 7.64. The van der Waals surface area contributed by atoms with Crippen LogP contribution in [0.5, 0.6) is 0 Å². The molecule has 0 aliphatic heterocycles. The molecule has 65 heavy (non-hydrogen) atoms. The Morgan fingerprint density at radius 1 is 0.323 bits per heavy atom.